The van der Waals surface area contributed by atoms with Crippen LogP contribution in [0.1, 0.15) is 138 Å². The van der Waals surface area contributed by atoms with Gasteiger partial charge in [-0.05, 0) is 130 Å². The van der Waals surface area contributed by atoms with Crippen LogP contribution in [-0.4, -0.2) is 109 Å². The van der Waals surface area contributed by atoms with Crippen molar-refractivity contribution in [1.29, 1.82) is 0 Å². The van der Waals surface area contributed by atoms with Crippen LogP contribution in [0.2, 0.25) is 0 Å². The maximum atomic E-state index is 13.1. The summed E-state index contributed by atoms with van der Waals surface area (Å²) in [6.07, 6.45) is 0.771. The third kappa shape index (κ3) is 21.7. The Kier molecular flexibility index (Phi) is 20.0. The molecular formula is C46H58O20. The van der Waals surface area contributed by atoms with Gasteiger partial charge in [0.1, 0.15) is 33.9 Å². The molecule has 0 bridgehead atoms. The van der Waals surface area contributed by atoms with Crippen LogP contribution < -0.4 is 9.47 Å². The number of carbonyl (C=O) groups excluding carboxylic acids is 10. The zero-order chi connectivity index (χ0) is 50.2. The molecule has 0 spiro atoms. The first-order chi connectivity index (χ1) is 30.3. The summed E-state index contributed by atoms with van der Waals surface area (Å²) >= 11 is 0. The van der Waals surface area contributed by atoms with Gasteiger partial charge < -0.3 is 47.4 Å². The van der Waals surface area contributed by atoms with Gasteiger partial charge in [0.15, 0.2) is 26.4 Å². The Hall–Kier alpha value is -6.86. The number of aryl methyl sites for hydroxylation is 1. The van der Waals surface area contributed by atoms with Gasteiger partial charge in [0.05, 0.1) is 16.7 Å². The molecule has 0 N–H and O–H groups in total. The molecule has 20 heteroatoms. The van der Waals surface area contributed by atoms with Crippen molar-refractivity contribution in [2.75, 3.05) is 26.4 Å². The Morgan fingerprint density at radius 1 is 0.379 bits per heavy atom. The fourth-order valence-corrected chi connectivity index (χ4v) is 5.69. The van der Waals surface area contributed by atoms with Crippen LogP contribution in [0.15, 0.2) is 36.4 Å². The summed E-state index contributed by atoms with van der Waals surface area (Å²) in [5.74, 6) is -8.70. The van der Waals surface area contributed by atoms with Crippen molar-refractivity contribution in [2.24, 2.45) is 0 Å². The van der Waals surface area contributed by atoms with Gasteiger partial charge in [-0.1, -0.05) is 0 Å². The lowest BCUT2D eigenvalue weighted by Crippen LogP contribution is -2.36. The van der Waals surface area contributed by atoms with Crippen molar-refractivity contribution in [2.45, 2.75) is 131 Å². The molecule has 2 aromatic carbocycles. The molecule has 0 saturated carbocycles. The van der Waals surface area contributed by atoms with E-state index in [4.69, 9.17) is 42.6 Å². The Morgan fingerprint density at radius 3 is 0.939 bits per heavy atom. The number of hydrogen-bond donors (Lipinski definition) is 0. The highest BCUT2D eigenvalue weighted by Gasteiger charge is 2.32. The quantitative estimate of drug-likeness (QED) is 0.0764. The monoisotopic (exact) mass is 930 g/mol. The zero-order valence-corrected chi connectivity index (χ0v) is 39.3. The molecular weight excluding hydrogens is 872 g/mol. The van der Waals surface area contributed by atoms with Gasteiger partial charge in [-0.3, -0.25) is 14.4 Å². The van der Waals surface area contributed by atoms with Crippen LogP contribution in [0, 0.1) is 6.92 Å². The minimum Gasteiger partial charge on any atom is -0.457 e. The number of esters is 10. The van der Waals surface area contributed by atoms with E-state index in [1.165, 1.54) is 19.1 Å². The van der Waals surface area contributed by atoms with E-state index in [1.54, 1.807) is 68.4 Å². The Bertz CT molecular complexity index is 2160. The summed E-state index contributed by atoms with van der Waals surface area (Å²) in [5.41, 5.74) is -4.37. The molecule has 362 valence electrons. The van der Waals surface area contributed by atoms with E-state index in [-0.39, 0.29) is 53.9 Å². The number of rotatable bonds is 23. The topological polar surface area (TPSA) is 263 Å². The van der Waals surface area contributed by atoms with Crippen LogP contribution in [0.4, 0.5) is 0 Å². The molecule has 2 aromatic rings. The Labute approximate surface area is 382 Å². The molecule has 0 atom stereocenters. The lowest BCUT2D eigenvalue weighted by molar-refractivity contribution is -0.170. The van der Waals surface area contributed by atoms with Crippen molar-refractivity contribution >= 4 is 59.7 Å². The molecule has 0 aliphatic carbocycles. The maximum Gasteiger partial charge on any atom is 0.344 e. The summed E-state index contributed by atoms with van der Waals surface area (Å²) in [4.78, 5) is 123. The molecule has 20 nitrogen and oxygen atoms in total. The number of benzene rings is 2. The fourth-order valence-electron chi connectivity index (χ4n) is 5.69. The molecule has 0 unspecified atom stereocenters. The van der Waals surface area contributed by atoms with Crippen molar-refractivity contribution < 1.29 is 95.3 Å². The minimum atomic E-state index is -1.16. The molecule has 2 rings (SSSR count). The standard InChI is InChI=1S/C46H58O20/c1-27-17-31(20-34(18-27)61-29(3)48)40(54)58-24-37(51)64-45(9,10)15-16-46(11,12)66-39(53)26-60-42(56)33-19-32(21-35(22-33)62-30(4)49)41(55)59-25-38(52)65-44(7,8)14-13-43(5,6)63-36(50)23-57-28(2)47/h17-22H,13-16,23-26H2,1-12H3. The van der Waals surface area contributed by atoms with Gasteiger partial charge in [0.25, 0.3) is 0 Å². The Balaban J connectivity index is 1.94. The summed E-state index contributed by atoms with van der Waals surface area (Å²) < 4.78 is 51.8. The predicted octanol–water partition coefficient (Wildman–Crippen LogP) is 5.43. The molecule has 0 fully saturated rings. The second kappa shape index (κ2) is 23.9. The zero-order valence-electron chi connectivity index (χ0n) is 39.3. The molecule has 0 aliphatic rings. The van der Waals surface area contributed by atoms with E-state index in [0.29, 0.717) is 5.56 Å². The van der Waals surface area contributed by atoms with Crippen molar-refractivity contribution in [3.63, 3.8) is 0 Å². The Morgan fingerprint density at radius 2 is 0.652 bits per heavy atom. The van der Waals surface area contributed by atoms with Crippen LogP contribution in [0.25, 0.3) is 0 Å². The molecule has 0 radical (unpaired) electrons. The van der Waals surface area contributed by atoms with E-state index < -0.39 is 109 Å². The van der Waals surface area contributed by atoms with E-state index in [1.807, 2.05) is 0 Å². The van der Waals surface area contributed by atoms with Gasteiger partial charge in [-0.15, -0.1) is 0 Å². The van der Waals surface area contributed by atoms with Crippen molar-refractivity contribution in [3.8, 4) is 11.5 Å². The third-order valence-electron chi connectivity index (χ3n) is 8.76. The van der Waals surface area contributed by atoms with E-state index in [0.717, 1.165) is 32.0 Å². The lowest BCUT2D eigenvalue weighted by Gasteiger charge is -2.31. The van der Waals surface area contributed by atoms with E-state index >= 15 is 0 Å². The van der Waals surface area contributed by atoms with Crippen molar-refractivity contribution in [3.05, 3.63) is 58.7 Å². The average Bonchev–Trinajstić information content (AvgIpc) is 3.17. The first-order valence-corrected chi connectivity index (χ1v) is 20.5. The third-order valence-corrected chi connectivity index (χ3v) is 8.76. The fraction of sp³-hybridized carbons (Fsp3) is 0.522. The maximum absolute atomic E-state index is 13.1. The van der Waals surface area contributed by atoms with Crippen LogP contribution in [0.3, 0.4) is 0 Å². The summed E-state index contributed by atoms with van der Waals surface area (Å²) in [6.45, 7) is 14.9. The molecule has 0 saturated heterocycles. The number of hydrogen-bond acceptors (Lipinski definition) is 20. The molecule has 0 heterocycles. The summed E-state index contributed by atoms with van der Waals surface area (Å²) in [7, 11) is 0. The smallest absolute Gasteiger partial charge is 0.344 e. The predicted molar refractivity (Wildman–Crippen MR) is 227 cm³/mol. The molecule has 0 aliphatic heterocycles. The van der Waals surface area contributed by atoms with Gasteiger partial charge in [-0.25, -0.2) is 33.6 Å². The molecule has 0 aromatic heterocycles. The first kappa shape index (κ1) is 55.3. The highest BCUT2D eigenvalue weighted by Crippen LogP contribution is 2.27. The van der Waals surface area contributed by atoms with E-state index in [9.17, 15) is 47.9 Å². The first-order valence-electron chi connectivity index (χ1n) is 20.5. The SMILES string of the molecule is CC(=O)OCC(=O)OC(C)(C)CCC(C)(C)OC(=O)COC(=O)c1cc(OC(C)=O)cc(C(=O)OCC(=O)OC(C)(C)CCC(C)(C)OC(=O)COC(=O)c2cc(C)cc(OC(C)=O)c2)c1. The summed E-state index contributed by atoms with van der Waals surface area (Å²) in [5, 5.41) is 0. The highest BCUT2D eigenvalue weighted by molar-refractivity contribution is 5.97. The van der Waals surface area contributed by atoms with Crippen LogP contribution in [-0.2, 0) is 71.5 Å². The van der Waals surface area contributed by atoms with Gasteiger partial charge in [0, 0.05) is 20.8 Å². The molecule has 66 heavy (non-hydrogen) atoms. The normalized spacial score (nSPS) is 11.5. The van der Waals surface area contributed by atoms with Gasteiger partial charge >= 0.3 is 59.7 Å². The molecule has 0 amide bonds. The summed E-state index contributed by atoms with van der Waals surface area (Å²) in [6, 6.07) is 7.54. The largest absolute Gasteiger partial charge is 0.457 e. The number of ether oxygens (including phenoxy) is 10. The van der Waals surface area contributed by atoms with Gasteiger partial charge in [-0.2, -0.15) is 0 Å². The lowest BCUT2D eigenvalue weighted by atomic mass is 9.94. The second-order valence-corrected chi connectivity index (χ2v) is 17.4. The average molecular weight is 931 g/mol. The van der Waals surface area contributed by atoms with Crippen LogP contribution >= 0.6 is 0 Å². The second-order valence-electron chi connectivity index (χ2n) is 17.4. The van der Waals surface area contributed by atoms with Crippen molar-refractivity contribution in [1.82, 2.24) is 0 Å². The van der Waals surface area contributed by atoms with E-state index in [2.05, 4.69) is 4.74 Å². The highest BCUT2D eigenvalue weighted by atomic mass is 16.6. The minimum absolute atomic E-state index is 0.0593. The number of carbonyl (C=O) groups is 10. The van der Waals surface area contributed by atoms with Gasteiger partial charge in [0.2, 0.25) is 0 Å². The van der Waals surface area contributed by atoms with Crippen LogP contribution in [0.5, 0.6) is 11.5 Å².